The summed E-state index contributed by atoms with van der Waals surface area (Å²) >= 11 is 5.89. The fourth-order valence-corrected chi connectivity index (χ4v) is 2.01. The summed E-state index contributed by atoms with van der Waals surface area (Å²) in [5.74, 6) is -1.58. The van der Waals surface area contributed by atoms with Crippen LogP contribution in [-0.2, 0) is 14.4 Å². The molecule has 106 valence electrons. The highest BCUT2D eigenvalue weighted by Crippen LogP contribution is 2.18. The highest BCUT2D eigenvalue weighted by molar-refractivity contribution is 6.36. The van der Waals surface area contributed by atoms with E-state index in [0.717, 1.165) is 5.56 Å². The number of amides is 1. The molecular formula is C13H13ClN2O4. The lowest BCUT2D eigenvalue weighted by atomic mass is 10.1. The van der Waals surface area contributed by atoms with Gasteiger partial charge in [-0.1, -0.05) is 28.9 Å². The van der Waals surface area contributed by atoms with Gasteiger partial charge in [0, 0.05) is 11.4 Å². The molecule has 0 saturated carbocycles. The second-order valence-corrected chi connectivity index (χ2v) is 4.86. The molecule has 1 heterocycles. The van der Waals surface area contributed by atoms with Gasteiger partial charge in [0.25, 0.3) is 5.91 Å². The maximum absolute atomic E-state index is 11.9. The molecule has 1 amide bonds. The van der Waals surface area contributed by atoms with E-state index in [1.165, 1.54) is 0 Å². The number of carboxylic acids is 1. The summed E-state index contributed by atoms with van der Waals surface area (Å²) in [6.45, 7) is 1.80. The minimum atomic E-state index is -1.18. The number of benzene rings is 1. The molecular weight excluding hydrogens is 284 g/mol. The van der Waals surface area contributed by atoms with Gasteiger partial charge in [-0.25, -0.2) is 4.79 Å². The number of nitrogens with one attached hydrogen (secondary N) is 1. The summed E-state index contributed by atoms with van der Waals surface area (Å²) < 4.78 is 0. The van der Waals surface area contributed by atoms with E-state index in [9.17, 15) is 9.59 Å². The van der Waals surface area contributed by atoms with Crippen LogP contribution in [0.25, 0.3) is 0 Å². The maximum atomic E-state index is 11.9. The first-order valence-electron chi connectivity index (χ1n) is 5.99. The maximum Gasteiger partial charge on any atom is 0.353 e. The first-order valence-corrected chi connectivity index (χ1v) is 6.37. The highest BCUT2D eigenvalue weighted by Gasteiger charge is 2.32. The minimum absolute atomic E-state index is 0.0383. The second kappa shape index (κ2) is 5.92. The van der Waals surface area contributed by atoms with Gasteiger partial charge in [-0.05, 0) is 24.6 Å². The number of aliphatic carboxylic acids is 1. The molecule has 1 aromatic carbocycles. The third-order valence-corrected chi connectivity index (χ3v) is 3.15. The molecule has 2 atom stereocenters. The summed E-state index contributed by atoms with van der Waals surface area (Å²) in [4.78, 5) is 27.5. The predicted octanol–water partition coefficient (Wildman–Crippen LogP) is 1.75. The Morgan fingerprint density at radius 3 is 2.90 bits per heavy atom. The third-order valence-electron chi connectivity index (χ3n) is 2.92. The Labute approximate surface area is 120 Å². The molecule has 2 N–H and O–H groups in total. The zero-order valence-electron chi connectivity index (χ0n) is 10.7. The van der Waals surface area contributed by atoms with Crippen LogP contribution in [0.15, 0.2) is 29.4 Å². The van der Waals surface area contributed by atoms with Gasteiger partial charge >= 0.3 is 5.97 Å². The van der Waals surface area contributed by atoms with Crippen molar-refractivity contribution in [2.75, 3.05) is 0 Å². The van der Waals surface area contributed by atoms with Crippen LogP contribution in [0, 0.1) is 0 Å². The lowest BCUT2D eigenvalue weighted by Gasteiger charge is -2.16. The van der Waals surface area contributed by atoms with Gasteiger partial charge in [0.15, 0.2) is 5.71 Å². The molecule has 6 nitrogen and oxygen atoms in total. The average Bonchev–Trinajstić information content (AvgIpc) is 2.88. The zero-order valence-corrected chi connectivity index (χ0v) is 11.4. The molecule has 0 aromatic heterocycles. The largest absolute Gasteiger partial charge is 0.477 e. The summed E-state index contributed by atoms with van der Waals surface area (Å²) in [6.07, 6.45) is -0.939. The van der Waals surface area contributed by atoms with Crippen molar-refractivity contribution in [3.63, 3.8) is 0 Å². The van der Waals surface area contributed by atoms with E-state index in [1.54, 1.807) is 25.1 Å². The lowest BCUT2D eigenvalue weighted by Crippen LogP contribution is -2.36. The Morgan fingerprint density at radius 1 is 1.55 bits per heavy atom. The standard InChI is InChI=1S/C13H13ClN2O4/c1-7(8-3-2-4-9(14)5-8)15-12(17)11-6-10(13(18)19)16-20-11/h2-5,7,11H,6H2,1H3,(H,15,17)(H,18,19). The van der Waals surface area contributed by atoms with Crippen molar-refractivity contribution in [2.45, 2.75) is 25.5 Å². The lowest BCUT2D eigenvalue weighted by molar-refractivity contribution is -0.132. The number of nitrogens with zero attached hydrogens (tertiary/aromatic N) is 1. The zero-order chi connectivity index (χ0) is 14.7. The van der Waals surface area contributed by atoms with Crippen LogP contribution in [-0.4, -0.2) is 28.8 Å². The van der Waals surface area contributed by atoms with Crippen molar-refractivity contribution in [3.05, 3.63) is 34.9 Å². The molecule has 0 radical (unpaired) electrons. The van der Waals surface area contributed by atoms with Crippen LogP contribution in [0.2, 0.25) is 5.02 Å². The Bertz CT molecular complexity index is 573. The summed E-state index contributed by atoms with van der Waals surface area (Å²) in [5.41, 5.74) is 0.698. The molecule has 1 aliphatic heterocycles. The van der Waals surface area contributed by atoms with Crippen molar-refractivity contribution in [1.29, 1.82) is 0 Å². The van der Waals surface area contributed by atoms with E-state index in [1.807, 2.05) is 6.07 Å². The number of hydrogen-bond donors (Lipinski definition) is 2. The van der Waals surface area contributed by atoms with Gasteiger partial charge in [0.05, 0.1) is 6.04 Å². The van der Waals surface area contributed by atoms with Crippen molar-refractivity contribution in [1.82, 2.24) is 5.32 Å². The fraction of sp³-hybridized carbons (Fsp3) is 0.308. The van der Waals surface area contributed by atoms with Gasteiger partial charge in [-0.3, -0.25) is 4.79 Å². The summed E-state index contributed by atoms with van der Waals surface area (Å²) in [7, 11) is 0. The van der Waals surface area contributed by atoms with Gasteiger partial charge in [0.1, 0.15) is 0 Å². The third kappa shape index (κ3) is 3.27. The molecule has 20 heavy (non-hydrogen) atoms. The van der Waals surface area contributed by atoms with E-state index in [2.05, 4.69) is 10.5 Å². The number of rotatable bonds is 4. The molecule has 0 saturated heterocycles. The predicted molar refractivity (Wildman–Crippen MR) is 72.6 cm³/mol. The number of halogens is 1. The van der Waals surface area contributed by atoms with Crippen LogP contribution >= 0.6 is 11.6 Å². The van der Waals surface area contributed by atoms with Crippen LogP contribution in [0.5, 0.6) is 0 Å². The Kier molecular flexibility index (Phi) is 4.24. The van der Waals surface area contributed by atoms with Crippen LogP contribution in [0.1, 0.15) is 24.9 Å². The summed E-state index contributed by atoms with van der Waals surface area (Å²) in [6, 6.07) is 6.86. The quantitative estimate of drug-likeness (QED) is 0.886. The van der Waals surface area contributed by atoms with Crippen molar-refractivity contribution >= 4 is 29.2 Å². The summed E-state index contributed by atoms with van der Waals surface area (Å²) in [5, 5.41) is 15.4. The van der Waals surface area contributed by atoms with E-state index in [0.29, 0.717) is 5.02 Å². The van der Waals surface area contributed by atoms with Crippen molar-refractivity contribution in [2.24, 2.45) is 5.16 Å². The molecule has 0 fully saturated rings. The number of carboxylic acid groups (broad SMARTS) is 1. The van der Waals surface area contributed by atoms with Crippen LogP contribution < -0.4 is 5.32 Å². The average molecular weight is 297 g/mol. The minimum Gasteiger partial charge on any atom is -0.477 e. The molecule has 0 spiro atoms. The Hall–Kier alpha value is -2.08. The van der Waals surface area contributed by atoms with Crippen molar-refractivity contribution in [3.8, 4) is 0 Å². The molecule has 2 rings (SSSR count). The highest BCUT2D eigenvalue weighted by atomic mass is 35.5. The van der Waals surface area contributed by atoms with E-state index in [-0.39, 0.29) is 18.2 Å². The van der Waals surface area contributed by atoms with E-state index >= 15 is 0 Å². The Balaban J connectivity index is 1.94. The molecule has 1 aliphatic rings. The smallest absolute Gasteiger partial charge is 0.353 e. The second-order valence-electron chi connectivity index (χ2n) is 4.43. The monoisotopic (exact) mass is 296 g/mol. The first kappa shape index (κ1) is 14.3. The van der Waals surface area contributed by atoms with Gasteiger partial charge in [-0.15, -0.1) is 0 Å². The number of carbonyl (C=O) groups is 2. The molecule has 0 aliphatic carbocycles. The topological polar surface area (TPSA) is 88.0 Å². The van der Waals surface area contributed by atoms with Crippen LogP contribution in [0.4, 0.5) is 0 Å². The normalized spacial score (nSPS) is 18.9. The number of hydrogen-bond acceptors (Lipinski definition) is 4. The van der Waals surface area contributed by atoms with Crippen LogP contribution in [0.3, 0.4) is 0 Å². The molecule has 1 aromatic rings. The van der Waals surface area contributed by atoms with E-state index in [4.69, 9.17) is 21.5 Å². The van der Waals surface area contributed by atoms with E-state index < -0.39 is 18.0 Å². The first-order chi connectivity index (χ1) is 9.47. The van der Waals surface area contributed by atoms with Gasteiger partial charge < -0.3 is 15.3 Å². The van der Waals surface area contributed by atoms with Gasteiger partial charge in [-0.2, -0.15) is 0 Å². The number of carbonyl (C=O) groups excluding carboxylic acids is 1. The SMILES string of the molecule is CC(NC(=O)C1CC(C(=O)O)=NO1)c1cccc(Cl)c1. The number of oxime groups is 1. The molecule has 0 bridgehead atoms. The molecule has 2 unspecified atom stereocenters. The van der Waals surface area contributed by atoms with Crippen molar-refractivity contribution < 1.29 is 19.5 Å². The Morgan fingerprint density at radius 2 is 2.30 bits per heavy atom. The molecule has 7 heteroatoms. The fourth-order valence-electron chi connectivity index (χ4n) is 1.81. The van der Waals surface area contributed by atoms with Gasteiger partial charge in [0.2, 0.25) is 6.10 Å².